The largest absolute Gasteiger partial charge is 0.330 e. The van der Waals surface area contributed by atoms with Gasteiger partial charge in [0.05, 0.1) is 0 Å². The Morgan fingerprint density at radius 1 is 1.58 bits per heavy atom. The Hall–Kier alpha value is 0.270. The molecule has 0 aromatic carbocycles. The Labute approximate surface area is 79.7 Å². The third-order valence-corrected chi connectivity index (χ3v) is 3.77. The fourth-order valence-electron chi connectivity index (χ4n) is 1.58. The molecule has 0 bridgehead atoms. The van der Waals surface area contributed by atoms with Crippen LogP contribution in [-0.2, 0) is 0 Å². The van der Waals surface area contributed by atoms with Crippen LogP contribution in [0.3, 0.4) is 0 Å². The van der Waals surface area contributed by atoms with Crippen molar-refractivity contribution in [2.45, 2.75) is 37.5 Å². The molecule has 2 nitrogen and oxygen atoms in total. The van der Waals surface area contributed by atoms with Gasteiger partial charge in [-0.25, -0.2) is 0 Å². The molecule has 1 aliphatic rings. The molecule has 2 atom stereocenters. The number of hydrogen-bond acceptors (Lipinski definition) is 3. The van der Waals surface area contributed by atoms with Gasteiger partial charge in [-0.2, -0.15) is 11.8 Å². The summed E-state index contributed by atoms with van der Waals surface area (Å²) in [5.41, 5.74) is 5.43. The van der Waals surface area contributed by atoms with Gasteiger partial charge in [-0.3, -0.25) is 0 Å². The van der Waals surface area contributed by atoms with Gasteiger partial charge in [0.1, 0.15) is 0 Å². The van der Waals surface area contributed by atoms with Crippen molar-refractivity contribution in [3.8, 4) is 0 Å². The minimum atomic E-state index is 0.732. The zero-order valence-electron chi connectivity index (χ0n) is 7.88. The van der Waals surface area contributed by atoms with E-state index >= 15 is 0 Å². The molecule has 3 N–H and O–H groups in total. The molecule has 12 heavy (non-hydrogen) atoms. The summed E-state index contributed by atoms with van der Waals surface area (Å²) in [5, 5.41) is 4.36. The molecule has 3 heteroatoms. The lowest BCUT2D eigenvalue weighted by atomic mass is 10.1. The maximum Gasteiger partial charge on any atom is 0.0184 e. The van der Waals surface area contributed by atoms with Crippen molar-refractivity contribution in [3.63, 3.8) is 0 Å². The molecule has 0 saturated carbocycles. The molecule has 72 valence electrons. The summed E-state index contributed by atoms with van der Waals surface area (Å²) in [7, 11) is 0. The average molecular weight is 188 g/mol. The van der Waals surface area contributed by atoms with E-state index in [1.165, 1.54) is 18.6 Å². The van der Waals surface area contributed by atoms with Gasteiger partial charge in [0.15, 0.2) is 0 Å². The highest BCUT2D eigenvalue weighted by atomic mass is 32.2. The summed E-state index contributed by atoms with van der Waals surface area (Å²) < 4.78 is 0. The van der Waals surface area contributed by atoms with Gasteiger partial charge in [-0.15, -0.1) is 0 Å². The van der Waals surface area contributed by atoms with E-state index in [1.807, 2.05) is 0 Å². The molecule has 1 aliphatic heterocycles. The Bertz CT molecular complexity index is 119. The number of thioether (sulfide) groups is 1. The highest BCUT2D eigenvalue weighted by molar-refractivity contribution is 7.99. The summed E-state index contributed by atoms with van der Waals surface area (Å²) in [5.74, 6) is 1.34. The van der Waals surface area contributed by atoms with Crippen LogP contribution >= 0.6 is 11.8 Å². The molecule has 2 unspecified atom stereocenters. The van der Waals surface area contributed by atoms with Gasteiger partial charge in [-0.05, 0) is 38.1 Å². The molecule has 0 amide bonds. The van der Waals surface area contributed by atoms with Crippen LogP contribution in [0.25, 0.3) is 0 Å². The van der Waals surface area contributed by atoms with Crippen LogP contribution in [0.15, 0.2) is 0 Å². The van der Waals surface area contributed by atoms with Gasteiger partial charge in [0.2, 0.25) is 0 Å². The average Bonchev–Trinajstić information content (AvgIpc) is 2.09. The molecule has 1 fully saturated rings. The first-order chi connectivity index (χ1) is 5.84. The molecule has 0 aromatic rings. The van der Waals surface area contributed by atoms with E-state index in [0.717, 1.165) is 30.8 Å². The molecule has 0 spiro atoms. The zero-order valence-corrected chi connectivity index (χ0v) is 8.70. The van der Waals surface area contributed by atoms with E-state index in [4.69, 9.17) is 5.73 Å². The van der Waals surface area contributed by atoms with Gasteiger partial charge in [0.25, 0.3) is 0 Å². The quantitative estimate of drug-likeness (QED) is 0.651. The highest BCUT2D eigenvalue weighted by Crippen LogP contribution is 2.24. The van der Waals surface area contributed by atoms with Crippen LogP contribution in [-0.4, -0.2) is 30.1 Å². The predicted octanol–water partition coefficient (Wildman–Crippen LogP) is 1.21. The smallest absolute Gasteiger partial charge is 0.0184 e. The normalized spacial score (nSPS) is 30.5. The highest BCUT2D eigenvalue weighted by Gasteiger charge is 2.20. The first-order valence-electron chi connectivity index (χ1n) is 4.89. The zero-order chi connectivity index (χ0) is 8.81. The lowest BCUT2D eigenvalue weighted by Gasteiger charge is -2.29. The molecule has 0 aliphatic carbocycles. The summed E-state index contributed by atoms with van der Waals surface area (Å²) in [6.45, 7) is 4.22. The minimum absolute atomic E-state index is 0.732. The SMILES string of the molecule is CC1SCCCC1NCCCN. The van der Waals surface area contributed by atoms with E-state index < -0.39 is 0 Å². The molecule has 0 radical (unpaired) electrons. The van der Waals surface area contributed by atoms with Crippen molar-refractivity contribution in [3.05, 3.63) is 0 Å². The molecule has 0 aromatic heterocycles. The standard InChI is InChI=1S/C9H20N2S/c1-8-9(4-2-7-12-8)11-6-3-5-10/h8-9,11H,2-7,10H2,1H3. The van der Waals surface area contributed by atoms with Crippen molar-refractivity contribution < 1.29 is 0 Å². The molecule has 1 rings (SSSR count). The van der Waals surface area contributed by atoms with Crippen molar-refractivity contribution in [1.82, 2.24) is 5.32 Å². The maximum atomic E-state index is 5.43. The summed E-state index contributed by atoms with van der Waals surface area (Å²) in [4.78, 5) is 0. The van der Waals surface area contributed by atoms with Crippen LogP contribution in [0, 0.1) is 0 Å². The summed E-state index contributed by atoms with van der Waals surface area (Å²) in [6.07, 6.45) is 3.82. The van der Waals surface area contributed by atoms with Gasteiger partial charge in [-0.1, -0.05) is 6.92 Å². The Morgan fingerprint density at radius 3 is 3.08 bits per heavy atom. The van der Waals surface area contributed by atoms with Gasteiger partial charge in [0, 0.05) is 11.3 Å². The second-order valence-electron chi connectivity index (χ2n) is 3.42. The van der Waals surface area contributed by atoms with Crippen molar-refractivity contribution in [2.75, 3.05) is 18.8 Å². The summed E-state index contributed by atoms with van der Waals surface area (Å²) in [6, 6.07) is 0.732. The Balaban J connectivity index is 2.11. The predicted molar refractivity (Wildman–Crippen MR) is 56.6 cm³/mol. The maximum absolute atomic E-state index is 5.43. The first-order valence-corrected chi connectivity index (χ1v) is 5.94. The lowest BCUT2D eigenvalue weighted by molar-refractivity contribution is 0.460. The van der Waals surface area contributed by atoms with Crippen LogP contribution < -0.4 is 11.1 Å². The van der Waals surface area contributed by atoms with Crippen molar-refractivity contribution in [2.24, 2.45) is 5.73 Å². The van der Waals surface area contributed by atoms with Crippen LogP contribution in [0.5, 0.6) is 0 Å². The topological polar surface area (TPSA) is 38.0 Å². The number of rotatable bonds is 4. The molecule has 1 heterocycles. The Morgan fingerprint density at radius 2 is 2.42 bits per heavy atom. The van der Waals surface area contributed by atoms with E-state index in [9.17, 15) is 0 Å². The van der Waals surface area contributed by atoms with E-state index in [1.54, 1.807) is 0 Å². The Kier molecular flexibility index (Phi) is 5.04. The van der Waals surface area contributed by atoms with E-state index in [-0.39, 0.29) is 0 Å². The third kappa shape index (κ3) is 3.33. The van der Waals surface area contributed by atoms with Crippen LogP contribution in [0.2, 0.25) is 0 Å². The van der Waals surface area contributed by atoms with Crippen LogP contribution in [0.4, 0.5) is 0 Å². The number of nitrogens with one attached hydrogen (secondary N) is 1. The second-order valence-corrected chi connectivity index (χ2v) is 4.91. The van der Waals surface area contributed by atoms with Crippen molar-refractivity contribution in [1.29, 1.82) is 0 Å². The summed E-state index contributed by atoms with van der Waals surface area (Å²) >= 11 is 2.09. The third-order valence-electron chi connectivity index (χ3n) is 2.39. The number of nitrogens with two attached hydrogens (primary N) is 1. The first kappa shape index (κ1) is 10.4. The minimum Gasteiger partial charge on any atom is -0.330 e. The lowest BCUT2D eigenvalue weighted by Crippen LogP contribution is -2.40. The van der Waals surface area contributed by atoms with E-state index in [2.05, 4.69) is 24.0 Å². The molecule has 1 saturated heterocycles. The second kappa shape index (κ2) is 5.84. The van der Waals surface area contributed by atoms with Gasteiger partial charge >= 0.3 is 0 Å². The van der Waals surface area contributed by atoms with Gasteiger partial charge < -0.3 is 11.1 Å². The van der Waals surface area contributed by atoms with Crippen molar-refractivity contribution >= 4 is 11.8 Å². The molecular formula is C9H20N2S. The monoisotopic (exact) mass is 188 g/mol. The van der Waals surface area contributed by atoms with Crippen LogP contribution in [0.1, 0.15) is 26.2 Å². The number of hydrogen-bond donors (Lipinski definition) is 2. The van der Waals surface area contributed by atoms with E-state index in [0.29, 0.717) is 0 Å². The fourth-order valence-corrected chi connectivity index (χ4v) is 2.75. The fraction of sp³-hybridized carbons (Fsp3) is 1.00. The molecular weight excluding hydrogens is 168 g/mol.